The van der Waals surface area contributed by atoms with Crippen molar-refractivity contribution in [2.24, 2.45) is 16.7 Å². The van der Waals surface area contributed by atoms with E-state index in [9.17, 15) is 25.2 Å². The summed E-state index contributed by atoms with van der Waals surface area (Å²) in [5.41, 5.74) is -7.66. The Morgan fingerprint density at radius 1 is 1.06 bits per heavy atom. The molecule has 5 fully saturated rings. The molecule has 0 bridgehead atoms. The Morgan fingerprint density at radius 3 is 2.47 bits per heavy atom. The van der Waals surface area contributed by atoms with Crippen LogP contribution in [0.4, 0.5) is 0 Å². The van der Waals surface area contributed by atoms with Crippen LogP contribution < -0.4 is 0 Å². The molecule has 0 aromatic carbocycles. The zero-order valence-corrected chi connectivity index (χ0v) is 19.5. The summed E-state index contributed by atoms with van der Waals surface area (Å²) in [6.07, 6.45) is 4.38. The van der Waals surface area contributed by atoms with E-state index in [0.29, 0.717) is 12.8 Å². The van der Waals surface area contributed by atoms with Crippen LogP contribution in [0, 0.1) is 16.7 Å². The summed E-state index contributed by atoms with van der Waals surface area (Å²) in [5, 5.41) is 47.3. The molecule has 4 N–H and O–H groups in total. The number of hydrogen-bond donors (Lipinski definition) is 4. The molecule has 0 amide bonds. The summed E-state index contributed by atoms with van der Waals surface area (Å²) < 4.78 is 23.4. The van der Waals surface area contributed by atoms with E-state index in [4.69, 9.17) is 18.6 Å². The number of aliphatic hydroxyl groups excluding tert-OH is 1. The highest BCUT2D eigenvalue weighted by molar-refractivity contribution is 5.81. The molecule has 3 saturated heterocycles. The first kappa shape index (κ1) is 21.5. The number of fused-ring (bicyclic) bond motifs is 5. The molecule has 7 rings (SSSR count). The van der Waals surface area contributed by atoms with E-state index in [1.54, 1.807) is 26.4 Å². The van der Waals surface area contributed by atoms with Gasteiger partial charge in [-0.25, -0.2) is 4.79 Å². The molecule has 2 saturated carbocycles. The standard InChI is InChI=1S/C25H30O9/c1-19-10-14-16(22(4,28)25(19)15(33-25)9-13(19)12-5-8-31-11-12)21(3)23(29,32-14)7-6-20(2)24(21,30)17(26)18(27)34-20/h5-8,11,13-17,26,28-30H,9-10H2,1-4H3/t13-,14+,15+,16+,17-,19-,20-,21-,22+,23-,24+,25+/m0/s1. The van der Waals surface area contributed by atoms with Crippen molar-refractivity contribution in [2.75, 3.05) is 0 Å². The highest BCUT2D eigenvalue weighted by Gasteiger charge is 2.92. The van der Waals surface area contributed by atoms with E-state index < -0.39 is 63.1 Å². The van der Waals surface area contributed by atoms with Gasteiger partial charge in [0.25, 0.3) is 0 Å². The predicted molar refractivity (Wildman–Crippen MR) is 113 cm³/mol. The Hall–Kier alpha value is -1.75. The molecule has 6 aliphatic rings. The Labute approximate surface area is 196 Å². The quantitative estimate of drug-likeness (QED) is 0.263. The van der Waals surface area contributed by atoms with Crippen LogP contribution in [-0.2, 0) is 19.0 Å². The average molecular weight is 475 g/mol. The smallest absolute Gasteiger partial charge is 0.339 e. The molecule has 1 spiro atoms. The van der Waals surface area contributed by atoms with Crippen molar-refractivity contribution < 1.29 is 43.8 Å². The van der Waals surface area contributed by atoms with Crippen LogP contribution in [0.2, 0.25) is 0 Å². The minimum absolute atomic E-state index is 0.0389. The zero-order chi connectivity index (χ0) is 24.3. The zero-order valence-electron chi connectivity index (χ0n) is 19.5. The van der Waals surface area contributed by atoms with Crippen LogP contribution in [-0.4, -0.2) is 72.9 Å². The van der Waals surface area contributed by atoms with Gasteiger partial charge in [0.05, 0.1) is 30.1 Å². The summed E-state index contributed by atoms with van der Waals surface area (Å²) in [4.78, 5) is 12.5. The number of furan rings is 1. The van der Waals surface area contributed by atoms with Crippen molar-refractivity contribution in [3.05, 3.63) is 36.3 Å². The second-order valence-electron chi connectivity index (χ2n) is 12.0. The highest BCUT2D eigenvalue weighted by atomic mass is 16.7. The van der Waals surface area contributed by atoms with Crippen molar-refractivity contribution in [3.8, 4) is 0 Å². The van der Waals surface area contributed by atoms with E-state index in [1.807, 2.05) is 6.07 Å². The van der Waals surface area contributed by atoms with Crippen molar-refractivity contribution in [2.45, 2.75) is 93.0 Å². The van der Waals surface area contributed by atoms with Gasteiger partial charge in [-0.1, -0.05) is 13.8 Å². The summed E-state index contributed by atoms with van der Waals surface area (Å²) in [6, 6.07) is 1.92. The largest absolute Gasteiger partial charge is 0.472 e. The predicted octanol–water partition coefficient (Wildman–Crippen LogP) is 0.753. The summed E-state index contributed by atoms with van der Waals surface area (Å²) in [6.45, 7) is 6.81. The Morgan fingerprint density at radius 2 is 1.79 bits per heavy atom. The third kappa shape index (κ3) is 1.76. The lowest BCUT2D eigenvalue weighted by Gasteiger charge is -2.61. The van der Waals surface area contributed by atoms with Gasteiger partial charge in [0, 0.05) is 11.3 Å². The maximum atomic E-state index is 12.5. The van der Waals surface area contributed by atoms with Gasteiger partial charge < -0.3 is 39.1 Å². The van der Waals surface area contributed by atoms with Gasteiger partial charge in [-0.2, -0.15) is 0 Å². The van der Waals surface area contributed by atoms with Gasteiger partial charge in [-0.15, -0.1) is 0 Å². The van der Waals surface area contributed by atoms with E-state index in [0.717, 1.165) is 5.56 Å². The molecule has 12 atom stereocenters. The van der Waals surface area contributed by atoms with Crippen LogP contribution in [0.5, 0.6) is 0 Å². The maximum absolute atomic E-state index is 12.5. The molecule has 0 radical (unpaired) electrons. The molecule has 1 aromatic rings. The lowest BCUT2D eigenvalue weighted by molar-refractivity contribution is -0.300. The molecule has 9 nitrogen and oxygen atoms in total. The van der Waals surface area contributed by atoms with Crippen LogP contribution in [0.15, 0.2) is 35.2 Å². The van der Waals surface area contributed by atoms with E-state index >= 15 is 0 Å². The second kappa shape index (κ2) is 5.48. The molecular weight excluding hydrogens is 444 g/mol. The molecule has 9 heteroatoms. The number of rotatable bonds is 1. The molecule has 0 unspecified atom stereocenters. The molecule has 184 valence electrons. The number of carbonyl (C=O) groups is 1. The van der Waals surface area contributed by atoms with Crippen molar-refractivity contribution in [3.63, 3.8) is 0 Å². The number of epoxide rings is 1. The Balaban J connectivity index is 1.43. The summed E-state index contributed by atoms with van der Waals surface area (Å²) in [5.74, 6) is -3.89. The number of carbonyl (C=O) groups excluding carboxylic acids is 1. The van der Waals surface area contributed by atoms with Crippen LogP contribution >= 0.6 is 0 Å². The fraction of sp³-hybridized carbons (Fsp3) is 0.720. The van der Waals surface area contributed by atoms with Gasteiger partial charge in [-0.05, 0) is 56.4 Å². The minimum Gasteiger partial charge on any atom is -0.472 e. The summed E-state index contributed by atoms with van der Waals surface area (Å²) in [7, 11) is 0. The Bertz CT molecular complexity index is 1150. The average Bonchev–Trinajstić information content (AvgIpc) is 2.97. The SMILES string of the molecule is C[C@]12[C@H]3[C@@H](C[C@@]4(C)[C@H](c5ccoc5)C[C@H]5O[C@]54[C@]3(C)O)O[C@@]1(O)C=C[C@]1(C)OC(=O)[C@H](O)[C@]21O. The van der Waals surface area contributed by atoms with Gasteiger partial charge >= 0.3 is 5.97 Å². The normalized spacial score (nSPS) is 62.9. The van der Waals surface area contributed by atoms with E-state index in [-0.39, 0.29) is 12.0 Å². The molecule has 3 aliphatic heterocycles. The molecule has 1 aromatic heterocycles. The lowest BCUT2D eigenvalue weighted by atomic mass is 9.44. The van der Waals surface area contributed by atoms with Crippen molar-refractivity contribution in [1.29, 1.82) is 0 Å². The van der Waals surface area contributed by atoms with E-state index in [1.165, 1.54) is 19.1 Å². The highest BCUT2D eigenvalue weighted by Crippen LogP contribution is 2.80. The van der Waals surface area contributed by atoms with E-state index in [2.05, 4.69) is 6.92 Å². The number of esters is 1. The first-order valence-corrected chi connectivity index (χ1v) is 11.9. The summed E-state index contributed by atoms with van der Waals surface area (Å²) >= 11 is 0. The van der Waals surface area contributed by atoms with Crippen LogP contribution in [0.1, 0.15) is 52.0 Å². The van der Waals surface area contributed by atoms with Gasteiger partial charge in [0.1, 0.15) is 11.2 Å². The maximum Gasteiger partial charge on any atom is 0.339 e. The van der Waals surface area contributed by atoms with Crippen molar-refractivity contribution in [1.82, 2.24) is 0 Å². The third-order valence-electron chi connectivity index (χ3n) is 10.9. The number of aliphatic hydroxyl groups is 4. The lowest BCUT2D eigenvalue weighted by Crippen LogP contribution is -2.77. The van der Waals surface area contributed by atoms with Crippen molar-refractivity contribution >= 4 is 5.97 Å². The Kier molecular flexibility index (Phi) is 3.47. The second-order valence-corrected chi connectivity index (χ2v) is 12.0. The first-order valence-electron chi connectivity index (χ1n) is 11.9. The topological polar surface area (TPSA) is 142 Å². The molecular formula is C25H30O9. The first-order chi connectivity index (χ1) is 15.7. The van der Waals surface area contributed by atoms with Gasteiger partial charge in [0.2, 0.25) is 0 Å². The number of hydrogen-bond acceptors (Lipinski definition) is 9. The fourth-order valence-electron chi connectivity index (χ4n) is 9.42. The fourth-order valence-corrected chi connectivity index (χ4v) is 9.42. The monoisotopic (exact) mass is 474 g/mol. The number of ether oxygens (including phenoxy) is 3. The van der Waals surface area contributed by atoms with Crippen LogP contribution in [0.25, 0.3) is 0 Å². The molecule has 3 aliphatic carbocycles. The molecule has 4 heterocycles. The van der Waals surface area contributed by atoms with Gasteiger partial charge in [-0.3, -0.25) is 0 Å². The minimum atomic E-state index is -2.26. The third-order valence-corrected chi connectivity index (χ3v) is 10.9. The van der Waals surface area contributed by atoms with Gasteiger partial charge in [0.15, 0.2) is 23.1 Å². The molecule has 34 heavy (non-hydrogen) atoms. The van der Waals surface area contributed by atoms with Crippen LogP contribution in [0.3, 0.4) is 0 Å².